The minimum absolute atomic E-state index is 0.0199. The van der Waals surface area contributed by atoms with Gasteiger partial charge in [-0.05, 0) is 47.9 Å². The Labute approximate surface area is 355 Å². The Morgan fingerprint density at radius 1 is 1.00 bits per heavy atom. The van der Waals surface area contributed by atoms with Crippen molar-refractivity contribution in [2.75, 3.05) is 43.6 Å². The molecule has 5 rings (SSSR count). The summed E-state index contributed by atoms with van der Waals surface area (Å²) in [5.41, 5.74) is 1.11. The van der Waals surface area contributed by atoms with E-state index in [0.29, 0.717) is 54.5 Å². The molecule has 0 spiro atoms. The number of thioether (sulfide) groups is 1. The lowest BCUT2D eigenvalue weighted by Gasteiger charge is -2.30. The van der Waals surface area contributed by atoms with E-state index in [4.69, 9.17) is 16.3 Å². The Morgan fingerprint density at radius 3 is 2.30 bits per heavy atom. The number of alkyl carbamates (subject to hydrolysis) is 1. The number of hydrogen-bond donors (Lipinski definition) is 5. The van der Waals surface area contributed by atoms with Crippen molar-refractivity contribution in [2.24, 2.45) is 11.3 Å². The molecule has 2 aromatic carbocycles. The zero-order chi connectivity index (χ0) is 43.9. The second-order valence-corrected chi connectivity index (χ2v) is 17.0. The maximum absolute atomic E-state index is 13.8. The fourth-order valence-corrected chi connectivity index (χ4v) is 7.27. The van der Waals surface area contributed by atoms with Gasteiger partial charge in [-0.2, -0.15) is 11.8 Å². The number of amides is 4. The van der Waals surface area contributed by atoms with Gasteiger partial charge in [0.1, 0.15) is 23.4 Å². The molecule has 3 atom stereocenters. The summed E-state index contributed by atoms with van der Waals surface area (Å²) in [4.78, 5) is 64.8. The summed E-state index contributed by atoms with van der Waals surface area (Å²) in [7, 11) is 1.24. The third kappa shape index (κ3) is 11.6. The number of pyridine rings is 1. The molecule has 0 saturated carbocycles. The van der Waals surface area contributed by atoms with Crippen molar-refractivity contribution >= 4 is 58.7 Å². The number of rotatable bonds is 14. The van der Waals surface area contributed by atoms with Crippen molar-refractivity contribution < 1.29 is 41.8 Å². The number of imidazole rings is 1. The van der Waals surface area contributed by atoms with Gasteiger partial charge in [-0.15, -0.1) is 13.2 Å². The maximum atomic E-state index is 13.8. The summed E-state index contributed by atoms with van der Waals surface area (Å²) < 4.78 is 50.2. The summed E-state index contributed by atoms with van der Waals surface area (Å²) in [5, 5.41) is 11.1. The smallest absolute Gasteiger partial charge is 0.453 e. The third-order valence-corrected chi connectivity index (χ3v) is 11.0. The zero-order valence-electron chi connectivity index (χ0n) is 34.1. The number of benzene rings is 2. The average molecular weight is 873 g/mol. The molecule has 322 valence electrons. The number of methoxy groups -OCH3 is 1. The van der Waals surface area contributed by atoms with E-state index in [1.807, 2.05) is 40.9 Å². The van der Waals surface area contributed by atoms with Gasteiger partial charge in [0, 0.05) is 48.1 Å². The molecule has 4 aromatic rings. The molecule has 5 N–H and O–H groups in total. The third-order valence-electron chi connectivity index (χ3n) is 9.66. The number of carbonyl (C=O) groups excluding carboxylic acids is 4. The number of nitrogens with one attached hydrogen (secondary N) is 5. The monoisotopic (exact) mass is 872 g/mol. The molecule has 0 unspecified atom stereocenters. The highest BCUT2D eigenvalue weighted by Crippen LogP contribution is 2.41. The van der Waals surface area contributed by atoms with Crippen LogP contribution < -0.4 is 26.0 Å². The molecular weight excluding hydrogens is 825 g/mol. The molecule has 14 nitrogen and oxygen atoms in total. The van der Waals surface area contributed by atoms with Crippen LogP contribution in [-0.2, 0) is 14.3 Å². The van der Waals surface area contributed by atoms with Crippen molar-refractivity contribution in [3.63, 3.8) is 0 Å². The van der Waals surface area contributed by atoms with E-state index < -0.39 is 41.6 Å². The second kappa shape index (κ2) is 19.3. The standard InChI is InChI=1S/C41H48ClF3N8O6S/c1-22(2)34(52-39(57)58-6)37(55)53-21-26(60-7)16-31(53)35-49-20-30(50-35)24-10-8-23(9-11-24)27-17-28(42)29(18-32(27)59-41(43,44)45)51-36(54)25-12-13-33(48-19-25)46-14-15-47-38(56)40(3,4)5/h8-13,17-20,22,26,31,34H,14-16,21H2,1-7H3,(H,46,48)(H,47,56)(H,49,50)(H,51,54)(H,52,57)/t26-,31-,34-/m0/s1. The van der Waals surface area contributed by atoms with Crippen LogP contribution in [0.4, 0.5) is 29.5 Å². The number of anilines is 2. The molecule has 3 heterocycles. The van der Waals surface area contributed by atoms with Crippen molar-refractivity contribution in [1.82, 2.24) is 30.5 Å². The Bertz CT molecular complexity index is 2160. The van der Waals surface area contributed by atoms with E-state index in [9.17, 15) is 32.3 Å². The van der Waals surface area contributed by atoms with Gasteiger partial charge >= 0.3 is 12.5 Å². The van der Waals surface area contributed by atoms with Gasteiger partial charge in [0.2, 0.25) is 11.8 Å². The molecule has 1 saturated heterocycles. The Kier molecular flexibility index (Phi) is 14.6. The highest BCUT2D eigenvalue weighted by atomic mass is 35.5. The number of likely N-dealkylation sites (tertiary alicyclic amines) is 1. The summed E-state index contributed by atoms with van der Waals surface area (Å²) >= 11 is 8.17. The van der Waals surface area contributed by atoms with Gasteiger partial charge in [-0.1, -0.05) is 70.5 Å². The number of hydrogen-bond acceptors (Lipinski definition) is 10. The lowest BCUT2D eigenvalue weighted by Crippen LogP contribution is -2.51. The minimum atomic E-state index is -5.06. The highest BCUT2D eigenvalue weighted by molar-refractivity contribution is 7.99. The number of halogens is 4. The minimum Gasteiger partial charge on any atom is -0.453 e. The second-order valence-electron chi connectivity index (χ2n) is 15.4. The topological polar surface area (TPSA) is 180 Å². The van der Waals surface area contributed by atoms with E-state index in [0.717, 1.165) is 6.07 Å². The maximum Gasteiger partial charge on any atom is 0.573 e. The SMILES string of the molecule is COC(=O)N[C@H](C(=O)N1C[C@@H](SC)C[C@H]1c1ncc(-c2ccc(-c3cc(Cl)c(NC(=O)c4ccc(NCCNC(=O)C(C)(C)C)nc4)cc3OC(F)(F)F)cc2)[nH]1)C(C)C. The predicted molar refractivity (Wildman–Crippen MR) is 225 cm³/mol. The van der Waals surface area contributed by atoms with Crippen molar-refractivity contribution in [3.8, 4) is 28.1 Å². The van der Waals surface area contributed by atoms with Crippen LogP contribution in [0.15, 0.2) is 60.9 Å². The van der Waals surface area contributed by atoms with Crippen molar-refractivity contribution in [2.45, 2.75) is 64.7 Å². The summed E-state index contributed by atoms with van der Waals surface area (Å²) in [6.07, 6.45) is -0.253. The Hall–Kier alpha value is -5.49. The van der Waals surface area contributed by atoms with Crippen LogP contribution in [0, 0.1) is 11.3 Å². The summed E-state index contributed by atoms with van der Waals surface area (Å²) in [5.74, 6) is -0.829. The van der Waals surface area contributed by atoms with E-state index in [2.05, 4.69) is 41.0 Å². The molecule has 0 radical (unpaired) electrons. The Morgan fingerprint density at radius 2 is 1.70 bits per heavy atom. The van der Waals surface area contributed by atoms with Crippen LogP contribution in [0.3, 0.4) is 0 Å². The molecule has 19 heteroatoms. The lowest BCUT2D eigenvalue weighted by atomic mass is 9.96. The molecule has 2 aromatic heterocycles. The van der Waals surface area contributed by atoms with E-state index in [-0.39, 0.29) is 44.8 Å². The first-order valence-electron chi connectivity index (χ1n) is 19.0. The summed E-state index contributed by atoms with van der Waals surface area (Å²) in [6.45, 7) is 10.3. The van der Waals surface area contributed by atoms with Crippen molar-refractivity contribution in [3.05, 3.63) is 77.3 Å². The van der Waals surface area contributed by atoms with Gasteiger partial charge in [0.15, 0.2) is 0 Å². The number of aromatic amines is 1. The highest BCUT2D eigenvalue weighted by Gasteiger charge is 2.41. The fraction of sp³-hybridized carbons (Fsp3) is 0.415. The van der Waals surface area contributed by atoms with Gasteiger partial charge in [0.05, 0.1) is 41.3 Å². The van der Waals surface area contributed by atoms with Crippen LogP contribution in [0.2, 0.25) is 5.02 Å². The first kappa shape index (κ1) is 45.6. The first-order valence-corrected chi connectivity index (χ1v) is 20.7. The molecule has 1 aliphatic heterocycles. The number of H-pyrrole nitrogens is 1. The first-order chi connectivity index (χ1) is 28.3. The molecule has 60 heavy (non-hydrogen) atoms. The van der Waals surface area contributed by atoms with Gasteiger partial charge < -0.3 is 40.6 Å². The van der Waals surface area contributed by atoms with Crippen LogP contribution in [-0.4, -0.2) is 94.3 Å². The number of ether oxygens (including phenoxy) is 2. The molecule has 4 amide bonds. The quantitative estimate of drug-likeness (QED) is 0.0783. The van der Waals surface area contributed by atoms with Crippen LogP contribution in [0.1, 0.15) is 63.3 Å². The molecule has 1 fully saturated rings. The van der Waals surface area contributed by atoms with Crippen LogP contribution >= 0.6 is 23.4 Å². The fourth-order valence-electron chi connectivity index (χ4n) is 6.37. The molecular formula is C41H48ClF3N8O6S. The molecule has 0 aliphatic carbocycles. The van der Waals surface area contributed by atoms with Crippen LogP contribution in [0.5, 0.6) is 5.75 Å². The normalized spacial score (nSPS) is 16.0. The molecule has 0 bridgehead atoms. The van der Waals surface area contributed by atoms with E-state index >= 15 is 0 Å². The largest absolute Gasteiger partial charge is 0.573 e. The number of nitrogens with zero attached hydrogens (tertiary/aromatic N) is 3. The molecule has 1 aliphatic rings. The lowest BCUT2D eigenvalue weighted by molar-refractivity contribution is -0.274. The van der Waals surface area contributed by atoms with Gasteiger partial charge in [0.25, 0.3) is 5.91 Å². The number of carbonyl (C=O) groups is 4. The Balaban J connectivity index is 1.31. The van der Waals surface area contributed by atoms with E-state index in [1.165, 1.54) is 25.4 Å². The predicted octanol–water partition coefficient (Wildman–Crippen LogP) is 7.90. The number of aromatic nitrogens is 3. The summed E-state index contributed by atoms with van der Waals surface area (Å²) in [6, 6.07) is 10.7. The van der Waals surface area contributed by atoms with Gasteiger partial charge in [-0.3, -0.25) is 14.4 Å². The van der Waals surface area contributed by atoms with Gasteiger partial charge in [-0.25, -0.2) is 14.8 Å². The van der Waals surface area contributed by atoms with Crippen LogP contribution in [0.25, 0.3) is 22.4 Å². The van der Waals surface area contributed by atoms with Crippen molar-refractivity contribution in [1.29, 1.82) is 0 Å². The van der Waals surface area contributed by atoms with E-state index in [1.54, 1.807) is 53.2 Å². The average Bonchev–Trinajstić information content (AvgIpc) is 3.87. The number of alkyl halides is 3. The zero-order valence-corrected chi connectivity index (χ0v) is 35.7.